The van der Waals surface area contributed by atoms with Gasteiger partial charge in [0.05, 0.1) is 0 Å². The van der Waals surface area contributed by atoms with Gasteiger partial charge in [0.25, 0.3) is 5.91 Å². The van der Waals surface area contributed by atoms with Crippen molar-refractivity contribution in [2.24, 2.45) is 0 Å². The second-order valence-corrected chi connectivity index (χ2v) is 8.38. The summed E-state index contributed by atoms with van der Waals surface area (Å²) < 4.78 is 0. The van der Waals surface area contributed by atoms with E-state index in [0.29, 0.717) is 6.54 Å². The van der Waals surface area contributed by atoms with Crippen LogP contribution in [0.5, 0.6) is 0 Å². The minimum absolute atomic E-state index is 0.114. The van der Waals surface area contributed by atoms with Gasteiger partial charge in [-0.25, -0.2) is 0 Å². The molecule has 146 valence electrons. The maximum atomic E-state index is 13.4. The SMILES string of the molecule is CN/C(NC1(C)CC1)=C(\C)C(C(=O)N1CCc2cnc(C)cc2C1)=C(C)C. The van der Waals surface area contributed by atoms with Gasteiger partial charge in [-0.2, -0.15) is 0 Å². The van der Waals surface area contributed by atoms with Crippen molar-refractivity contribution in [1.82, 2.24) is 20.5 Å². The van der Waals surface area contributed by atoms with E-state index in [-0.39, 0.29) is 11.4 Å². The molecule has 3 rings (SSSR count). The molecule has 0 aromatic carbocycles. The van der Waals surface area contributed by atoms with Gasteiger partial charge in [0.1, 0.15) is 5.82 Å². The van der Waals surface area contributed by atoms with Crippen LogP contribution >= 0.6 is 0 Å². The molecule has 1 aromatic rings. The van der Waals surface area contributed by atoms with Gasteiger partial charge in [-0.15, -0.1) is 0 Å². The first-order chi connectivity index (χ1) is 12.7. The Morgan fingerprint density at radius 1 is 1.22 bits per heavy atom. The van der Waals surface area contributed by atoms with Crippen LogP contribution in [0.15, 0.2) is 34.8 Å². The molecule has 0 saturated heterocycles. The molecular weight excluding hydrogens is 336 g/mol. The van der Waals surface area contributed by atoms with Gasteiger partial charge >= 0.3 is 0 Å². The van der Waals surface area contributed by atoms with Crippen molar-refractivity contribution in [3.63, 3.8) is 0 Å². The highest BCUT2D eigenvalue weighted by atomic mass is 16.2. The number of carbonyl (C=O) groups excluding carboxylic acids is 1. The summed E-state index contributed by atoms with van der Waals surface area (Å²) in [6.07, 6.45) is 5.15. The number of allylic oxidation sites excluding steroid dienone is 1. The minimum Gasteiger partial charge on any atom is -0.375 e. The molecule has 1 amide bonds. The molecule has 0 radical (unpaired) electrons. The van der Waals surface area contributed by atoms with E-state index in [1.54, 1.807) is 0 Å². The third kappa shape index (κ3) is 4.18. The number of fused-ring (bicyclic) bond motifs is 1. The molecule has 27 heavy (non-hydrogen) atoms. The third-order valence-corrected chi connectivity index (χ3v) is 5.66. The van der Waals surface area contributed by atoms with Crippen LogP contribution in [0.1, 0.15) is 57.4 Å². The quantitative estimate of drug-likeness (QED) is 0.619. The molecule has 2 heterocycles. The number of rotatable bonds is 5. The second-order valence-electron chi connectivity index (χ2n) is 8.38. The first-order valence-corrected chi connectivity index (χ1v) is 9.82. The number of nitrogens with one attached hydrogen (secondary N) is 2. The fourth-order valence-corrected chi connectivity index (χ4v) is 3.72. The van der Waals surface area contributed by atoms with E-state index in [1.807, 2.05) is 45.8 Å². The molecule has 5 nitrogen and oxygen atoms in total. The average molecular weight is 369 g/mol. The van der Waals surface area contributed by atoms with Crippen molar-refractivity contribution in [3.05, 3.63) is 51.6 Å². The van der Waals surface area contributed by atoms with Crippen molar-refractivity contribution in [2.75, 3.05) is 13.6 Å². The lowest BCUT2D eigenvalue weighted by Crippen LogP contribution is -2.39. The Balaban J connectivity index is 1.87. The predicted molar refractivity (Wildman–Crippen MR) is 109 cm³/mol. The van der Waals surface area contributed by atoms with Crippen LogP contribution in [0.3, 0.4) is 0 Å². The summed E-state index contributed by atoms with van der Waals surface area (Å²) in [6.45, 7) is 11.7. The van der Waals surface area contributed by atoms with Crippen molar-refractivity contribution < 1.29 is 4.79 Å². The van der Waals surface area contributed by atoms with E-state index >= 15 is 0 Å². The fourth-order valence-electron chi connectivity index (χ4n) is 3.72. The fraction of sp³-hybridized carbons (Fsp3) is 0.545. The molecule has 0 bridgehead atoms. The highest BCUT2D eigenvalue weighted by molar-refractivity contribution is 5.98. The normalized spacial score (nSPS) is 18.2. The van der Waals surface area contributed by atoms with Gasteiger partial charge in [0, 0.05) is 48.7 Å². The molecule has 1 aliphatic heterocycles. The smallest absolute Gasteiger partial charge is 0.254 e. The molecule has 1 saturated carbocycles. The number of hydrogen-bond donors (Lipinski definition) is 2. The third-order valence-electron chi connectivity index (χ3n) is 5.66. The predicted octanol–water partition coefficient (Wildman–Crippen LogP) is 3.20. The Bertz CT molecular complexity index is 814. The van der Waals surface area contributed by atoms with E-state index in [1.165, 1.54) is 24.0 Å². The van der Waals surface area contributed by atoms with Crippen LogP contribution in [0.25, 0.3) is 0 Å². The van der Waals surface area contributed by atoms with E-state index in [9.17, 15) is 4.79 Å². The summed E-state index contributed by atoms with van der Waals surface area (Å²) in [7, 11) is 1.91. The molecule has 1 aromatic heterocycles. The van der Waals surface area contributed by atoms with Crippen LogP contribution in [0.2, 0.25) is 0 Å². The Morgan fingerprint density at radius 2 is 1.93 bits per heavy atom. The van der Waals surface area contributed by atoms with Gasteiger partial charge in [-0.1, -0.05) is 5.57 Å². The van der Waals surface area contributed by atoms with Gasteiger partial charge < -0.3 is 15.5 Å². The summed E-state index contributed by atoms with van der Waals surface area (Å²) in [4.78, 5) is 19.8. The standard InChI is InChI=1S/C22H32N4O/c1-14(2)19(16(4)20(23-6)25-22(5)8-9-22)21(27)26-10-7-17-12-24-15(3)11-18(17)13-26/h11-12,23,25H,7-10,13H2,1-6H3/b20-16-. The van der Waals surface area contributed by atoms with Crippen molar-refractivity contribution in [3.8, 4) is 0 Å². The van der Waals surface area contributed by atoms with Gasteiger partial charge in [-0.05, 0) is 71.1 Å². The van der Waals surface area contributed by atoms with E-state index in [2.05, 4.69) is 28.6 Å². The van der Waals surface area contributed by atoms with E-state index < -0.39 is 0 Å². The number of amides is 1. The average Bonchev–Trinajstić information content (AvgIpc) is 3.36. The lowest BCUT2D eigenvalue weighted by molar-refractivity contribution is -0.127. The molecular formula is C22H32N4O. The lowest BCUT2D eigenvalue weighted by atomic mass is 9.97. The second kappa shape index (κ2) is 7.37. The number of nitrogens with zero attached hydrogens (tertiary/aromatic N) is 2. The van der Waals surface area contributed by atoms with Crippen LogP contribution in [-0.2, 0) is 17.8 Å². The van der Waals surface area contributed by atoms with Crippen LogP contribution < -0.4 is 10.6 Å². The van der Waals surface area contributed by atoms with Crippen LogP contribution in [-0.4, -0.2) is 34.9 Å². The van der Waals surface area contributed by atoms with Gasteiger partial charge in [0.15, 0.2) is 0 Å². The molecule has 5 heteroatoms. The summed E-state index contributed by atoms with van der Waals surface area (Å²) in [5.74, 6) is 1.07. The van der Waals surface area contributed by atoms with E-state index in [0.717, 1.165) is 41.2 Å². The monoisotopic (exact) mass is 368 g/mol. The minimum atomic E-state index is 0.114. The number of carbonyl (C=O) groups is 1. The topological polar surface area (TPSA) is 57.3 Å². The molecule has 2 N–H and O–H groups in total. The summed E-state index contributed by atoms with van der Waals surface area (Å²) >= 11 is 0. The first-order valence-electron chi connectivity index (χ1n) is 9.82. The summed E-state index contributed by atoms with van der Waals surface area (Å²) in [6, 6.07) is 2.11. The Hall–Kier alpha value is -2.30. The molecule has 0 unspecified atom stereocenters. The number of aromatic nitrogens is 1. The zero-order chi connectivity index (χ0) is 19.8. The number of pyridine rings is 1. The van der Waals surface area contributed by atoms with Crippen LogP contribution in [0, 0.1) is 6.92 Å². The molecule has 0 atom stereocenters. The maximum Gasteiger partial charge on any atom is 0.254 e. The zero-order valence-corrected chi connectivity index (χ0v) is 17.5. The molecule has 0 spiro atoms. The maximum absolute atomic E-state index is 13.4. The van der Waals surface area contributed by atoms with Crippen molar-refractivity contribution in [1.29, 1.82) is 0 Å². The van der Waals surface area contributed by atoms with Gasteiger partial charge in [-0.3, -0.25) is 9.78 Å². The Kier molecular flexibility index (Phi) is 5.31. The zero-order valence-electron chi connectivity index (χ0n) is 17.5. The molecule has 1 fully saturated rings. The van der Waals surface area contributed by atoms with Gasteiger partial charge in [0.2, 0.25) is 0 Å². The molecule has 1 aliphatic carbocycles. The lowest BCUT2D eigenvalue weighted by Gasteiger charge is -2.31. The Morgan fingerprint density at radius 3 is 2.52 bits per heavy atom. The largest absolute Gasteiger partial charge is 0.375 e. The van der Waals surface area contributed by atoms with Crippen LogP contribution in [0.4, 0.5) is 0 Å². The summed E-state index contributed by atoms with van der Waals surface area (Å²) in [5.41, 5.74) is 6.48. The van der Waals surface area contributed by atoms with Crippen molar-refractivity contribution >= 4 is 5.91 Å². The van der Waals surface area contributed by atoms with Crippen molar-refractivity contribution in [2.45, 2.75) is 66.0 Å². The first kappa shape index (κ1) is 19.5. The molecule has 2 aliphatic rings. The number of aryl methyl sites for hydroxylation is 1. The number of hydrogen-bond acceptors (Lipinski definition) is 4. The highest BCUT2D eigenvalue weighted by Crippen LogP contribution is 2.36. The van der Waals surface area contributed by atoms with E-state index in [4.69, 9.17) is 0 Å². The summed E-state index contributed by atoms with van der Waals surface area (Å²) in [5, 5.41) is 6.86. The Labute approximate surface area is 162 Å². The highest BCUT2D eigenvalue weighted by Gasteiger charge is 2.38.